The first-order chi connectivity index (χ1) is 15.2. The maximum absolute atomic E-state index is 12.2. The predicted octanol–water partition coefficient (Wildman–Crippen LogP) is 4.28. The Morgan fingerprint density at radius 1 is 1.06 bits per heavy atom. The summed E-state index contributed by atoms with van der Waals surface area (Å²) >= 11 is 0. The van der Waals surface area contributed by atoms with Gasteiger partial charge in [0.25, 0.3) is 0 Å². The number of hydrogen-bond donors (Lipinski definition) is 1. The fourth-order valence-corrected chi connectivity index (χ4v) is 5.09. The standard InChI is InChI=1S/C26H47N3OSi/c1-3-4-17-29(23-26(30)27-16-22-31-2)19-11-6-5-10-18-28-20-14-25(15-21-28)24-12-8-7-9-13-24/h7-9,12-13,25H,3-6,10-11,14-23,31H2,1-2H3,(H,27,30). The molecule has 2 rings (SSSR count). The number of nitrogens with zero attached hydrogens (tertiary/aromatic N) is 2. The molecule has 0 saturated carbocycles. The highest BCUT2D eigenvalue weighted by Crippen LogP contribution is 2.27. The number of nitrogens with one attached hydrogen (secondary N) is 1. The molecule has 0 bridgehead atoms. The lowest BCUT2D eigenvalue weighted by molar-refractivity contribution is -0.122. The number of carbonyl (C=O) groups excluding carboxylic acids is 1. The fourth-order valence-electron chi connectivity index (χ4n) is 4.55. The van der Waals surface area contributed by atoms with Crippen molar-refractivity contribution < 1.29 is 4.79 Å². The van der Waals surface area contributed by atoms with E-state index in [1.807, 2.05) is 0 Å². The van der Waals surface area contributed by atoms with Gasteiger partial charge in [0.15, 0.2) is 0 Å². The molecule has 1 aliphatic heterocycles. The summed E-state index contributed by atoms with van der Waals surface area (Å²) in [6.07, 6.45) is 10.1. The van der Waals surface area contributed by atoms with Crippen LogP contribution in [0, 0.1) is 0 Å². The molecule has 1 aliphatic rings. The molecule has 176 valence electrons. The molecule has 1 N–H and O–H groups in total. The van der Waals surface area contributed by atoms with Gasteiger partial charge in [-0.2, -0.15) is 0 Å². The largest absolute Gasteiger partial charge is 0.355 e. The maximum atomic E-state index is 12.2. The van der Waals surface area contributed by atoms with Crippen LogP contribution in [0.4, 0.5) is 0 Å². The number of hydrogen-bond acceptors (Lipinski definition) is 3. The molecule has 0 spiro atoms. The van der Waals surface area contributed by atoms with Gasteiger partial charge in [-0.15, -0.1) is 0 Å². The molecule has 1 aromatic rings. The average molecular weight is 446 g/mol. The summed E-state index contributed by atoms with van der Waals surface area (Å²) in [5.41, 5.74) is 1.52. The highest BCUT2D eigenvalue weighted by molar-refractivity contribution is 6.33. The van der Waals surface area contributed by atoms with Gasteiger partial charge in [-0.3, -0.25) is 9.69 Å². The Kier molecular flexibility index (Phi) is 13.8. The summed E-state index contributed by atoms with van der Waals surface area (Å²) in [5, 5.41) is 3.10. The summed E-state index contributed by atoms with van der Waals surface area (Å²) in [7, 11) is 0.0542. The van der Waals surface area contributed by atoms with Crippen LogP contribution in [0.5, 0.6) is 0 Å². The molecule has 1 amide bonds. The van der Waals surface area contributed by atoms with Crippen molar-refractivity contribution in [3.05, 3.63) is 35.9 Å². The van der Waals surface area contributed by atoms with Crippen LogP contribution in [-0.4, -0.2) is 71.0 Å². The van der Waals surface area contributed by atoms with Gasteiger partial charge in [-0.1, -0.05) is 63.1 Å². The number of benzene rings is 1. The molecule has 0 atom stereocenters. The van der Waals surface area contributed by atoms with E-state index in [1.165, 1.54) is 82.6 Å². The van der Waals surface area contributed by atoms with Crippen LogP contribution in [-0.2, 0) is 4.79 Å². The molecule has 0 aromatic heterocycles. The van der Waals surface area contributed by atoms with Crippen molar-refractivity contribution in [2.24, 2.45) is 0 Å². The Labute approximate surface area is 194 Å². The Morgan fingerprint density at radius 2 is 1.77 bits per heavy atom. The predicted molar refractivity (Wildman–Crippen MR) is 137 cm³/mol. The molecule has 4 nitrogen and oxygen atoms in total. The average Bonchev–Trinajstić information content (AvgIpc) is 2.80. The van der Waals surface area contributed by atoms with E-state index in [2.05, 4.69) is 58.9 Å². The van der Waals surface area contributed by atoms with Gasteiger partial charge in [0.1, 0.15) is 0 Å². The van der Waals surface area contributed by atoms with Crippen LogP contribution in [0.2, 0.25) is 12.6 Å². The minimum atomic E-state index is 0.0542. The van der Waals surface area contributed by atoms with Gasteiger partial charge in [0, 0.05) is 16.1 Å². The maximum Gasteiger partial charge on any atom is 0.234 e. The Balaban J connectivity index is 1.54. The van der Waals surface area contributed by atoms with Crippen molar-refractivity contribution in [2.75, 3.05) is 45.8 Å². The molecule has 31 heavy (non-hydrogen) atoms. The van der Waals surface area contributed by atoms with E-state index >= 15 is 0 Å². The van der Waals surface area contributed by atoms with E-state index < -0.39 is 0 Å². The molecule has 0 unspecified atom stereocenters. The molecule has 1 fully saturated rings. The lowest BCUT2D eigenvalue weighted by Gasteiger charge is -2.32. The van der Waals surface area contributed by atoms with E-state index in [1.54, 1.807) is 0 Å². The zero-order valence-electron chi connectivity index (χ0n) is 20.3. The second-order valence-corrected chi connectivity index (χ2v) is 11.0. The molecular formula is C26H47N3OSi. The monoisotopic (exact) mass is 445 g/mol. The van der Waals surface area contributed by atoms with Gasteiger partial charge >= 0.3 is 0 Å². The highest BCUT2D eigenvalue weighted by Gasteiger charge is 2.19. The third kappa shape index (κ3) is 11.3. The lowest BCUT2D eigenvalue weighted by Crippen LogP contribution is -2.38. The number of unbranched alkanes of at least 4 members (excludes halogenated alkanes) is 4. The van der Waals surface area contributed by atoms with E-state index in [0.29, 0.717) is 6.54 Å². The van der Waals surface area contributed by atoms with Crippen LogP contribution in [0.15, 0.2) is 30.3 Å². The van der Waals surface area contributed by atoms with E-state index in [4.69, 9.17) is 0 Å². The minimum Gasteiger partial charge on any atom is -0.355 e. The van der Waals surface area contributed by atoms with E-state index in [-0.39, 0.29) is 15.4 Å². The van der Waals surface area contributed by atoms with Gasteiger partial charge in [-0.05, 0) is 82.4 Å². The summed E-state index contributed by atoms with van der Waals surface area (Å²) in [6, 6.07) is 12.3. The summed E-state index contributed by atoms with van der Waals surface area (Å²) in [5.74, 6) is 0.977. The second-order valence-electron chi connectivity index (χ2n) is 9.27. The highest BCUT2D eigenvalue weighted by atomic mass is 28.2. The summed E-state index contributed by atoms with van der Waals surface area (Å²) in [6.45, 7) is 11.9. The van der Waals surface area contributed by atoms with Gasteiger partial charge in [0.05, 0.1) is 6.54 Å². The van der Waals surface area contributed by atoms with Crippen molar-refractivity contribution >= 4 is 15.4 Å². The van der Waals surface area contributed by atoms with Crippen LogP contribution in [0.25, 0.3) is 0 Å². The first kappa shape index (κ1) is 26.1. The Morgan fingerprint density at radius 3 is 2.48 bits per heavy atom. The molecular weight excluding hydrogens is 398 g/mol. The van der Waals surface area contributed by atoms with Crippen molar-refractivity contribution in [3.63, 3.8) is 0 Å². The normalized spacial score (nSPS) is 15.8. The first-order valence-corrected chi connectivity index (χ1v) is 15.4. The number of carbonyl (C=O) groups is 1. The number of piperidine rings is 1. The van der Waals surface area contributed by atoms with Crippen molar-refractivity contribution in [3.8, 4) is 0 Å². The molecule has 1 saturated heterocycles. The third-order valence-electron chi connectivity index (χ3n) is 6.60. The minimum absolute atomic E-state index is 0.0542. The zero-order valence-corrected chi connectivity index (χ0v) is 21.7. The Hall–Kier alpha value is -1.17. The van der Waals surface area contributed by atoms with Crippen molar-refractivity contribution in [1.82, 2.24) is 15.1 Å². The van der Waals surface area contributed by atoms with E-state index in [0.717, 1.165) is 25.6 Å². The van der Waals surface area contributed by atoms with Gasteiger partial charge in [0.2, 0.25) is 5.91 Å². The molecule has 0 radical (unpaired) electrons. The van der Waals surface area contributed by atoms with Crippen LogP contribution in [0.3, 0.4) is 0 Å². The summed E-state index contributed by atoms with van der Waals surface area (Å²) < 4.78 is 0. The third-order valence-corrected chi connectivity index (χ3v) is 7.67. The van der Waals surface area contributed by atoms with Crippen LogP contribution in [0.1, 0.15) is 69.8 Å². The van der Waals surface area contributed by atoms with Crippen molar-refractivity contribution in [2.45, 2.75) is 76.8 Å². The number of amides is 1. The van der Waals surface area contributed by atoms with Crippen LogP contribution < -0.4 is 5.32 Å². The smallest absolute Gasteiger partial charge is 0.234 e. The number of rotatable bonds is 16. The Bertz CT molecular complexity index is 575. The quantitative estimate of drug-likeness (QED) is 0.305. The fraction of sp³-hybridized carbons (Fsp3) is 0.731. The molecule has 1 aromatic carbocycles. The van der Waals surface area contributed by atoms with Crippen molar-refractivity contribution in [1.29, 1.82) is 0 Å². The van der Waals surface area contributed by atoms with Gasteiger partial charge < -0.3 is 10.2 Å². The second kappa shape index (κ2) is 16.5. The molecule has 1 heterocycles. The molecule has 0 aliphatic carbocycles. The van der Waals surface area contributed by atoms with E-state index in [9.17, 15) is 4.79 Å². The topological polar surface area (TPSA) is 35.6 Å². The summed E-state index contributed by atoms with van der Waals surface area (Å²) in [4.78, 5) is 17.2. The van der Waals surface area contributed by atoms with Gasteiger partial charge in [-0.25, -0.2) is 0 Å². The number of likely N-dealkylation sites (tertiary alicyclic amines) is 1. The first-order valence-electron chi connectivity index (χ1n) is 13.0. The SMILES string of the molecule is CCCCN(CCCCCCN1CCC(c2ccccc2)CC1)CC(=O)NCC[SiH2]C. The molecule has 5 heteroatoms. The zero-order chi connectivity index (χ0) is 22.2. The van der Waals surface area contributed by atoms with Crippen LogP contribution >= 0.6 is 0 Å². The lowest BCUT2D eigenvalue weighted by atomic mass is 9.89.